The van der Waals surface area contributed by atoms with Gasteiger partial charge in [0.15, 0.2) is 0 Å². The lowest BCUT2D eigenvalue weighted by atomic mass is 10.0. The van der Waals surface area contributed by atoms with Gasteiger partial charge in [-0.15, -0.1) is 11.3 Å². The molecule has 0 aliphatic carbocycles. The minimum absolute atomic E-state index is 0.104. The third kappa shape index (κ3) is 3.92. The SMILES string of the molecule is O=C(c1cccs1)N1CCN(C(C(=O)N2CCCC2)c2ccccc2)CC1. The molecular weight excluding hydrogens is 358 g/mol. The van der Waals surface area contributed by atoms with Crippen LogP contribution >= 0.6 is 11.3 Å². The highest BCUT2D eigenvalue weighted by Gasteiger charge is 2.35. The van der Waals surface area contributed by atoms with Crippen LogP contribution in [0.4, 0.5) is 0 Å². The monoisotopic (exact) mass is 383 g/mol. The van der Waals surface area contributed by atoms with Crippen LogP contribution in [0.1, 0.15) is 34.1 Å². The van der Waals surface area contributed by atoms with E-state index in [4.69, 9.17) is 0 Å². The Morgan fingerprint density at radius 2 is 1.52 bits per heavy atom. The smallest absolute Gasteiger partial charge is 0.264 e. The molecule has 2 aliphatic heterocycles. The number of thiophene rings is 1. The summed E-state index contributed by atoms with van der Waals surface area (Å²) in [5.74, 6) is 0.309. The first-order valence-electron chi connectivity index (χ1n) is 9.64. The van der Waals surface area contributed by atoms with Gasteiger partial charge in [0.1, 0.15) is 6.04 Å². The van der Waals surface area contributed by atoms with Gasteiger partial charge in [-0.1, -0.05) is 36.4 Å². The summed E-state index contributed by atoms with van der Waals surface area (Å²) in [5, 5.41) is 1.93. The molecule has 6 heteroatoms. The van der Waals surface area contributed by atoms with Crippen molar-refractivity contribution in [3.05, 3.63) is 58.3 Å². The Hall–Kier alpha value is -2.18. The molecule has 1 unspecified atom stereocenters. The first-order chi connectivity index (χ1) is 13.2. The van der Waals surface area contributed by atoms with E-state index in [0.717, 1.165) is 49.5 Å². The largest absolute Gasteiger partial charge is 0.341 e. The molecule has 142 valence electrons. The summed E-state index contributed by atoms with van der Waals surface area (Å²) in [6.07, 6.45) is 2.19. The second kappa shape index (κ2) is 8.23. The number of carbonyl (C=O) groups excluding carboxylic acids is 2. The van der Waals surface area contributed by atoms with Crippen LogP contribution in [-0.4, -0.2) is 65.8 Å². The molecule has 27 heavy (non-hydrogen) atoms. The van der Waals surface area contributed by atoms with Crippen molar-refractivity contribution in [3.8, 4) is 0 Å². The Labute approximate surface area is 164 Å². The van der Waals surface area contributed by atoms with Crippen LogP contribution in [0.25, 0.3) is 0 Å². The Morgan fingerprint density at radius 1 is 0.815 bits per heavy atom. The van der Waals surface area contributed by atoms with E-state index < -0.39 is 0 Å². The molecule has 1 atom stereocenters. The molecule has 1 aromatic carbocycles. The maximum absolute atomic E-state index is 13.3. The molecule has 1 aromatic heterocycles. The average Bonchev–Trinajstić information content (AvgIpc) is 3.43. The number of piperazine rings is 1. The van der Waals surface area contributed by atoms with Crippen LogP contribution < -0.4 is 0 Å². The number of likely N-dealkylation sites (tertiary alicyclic amines) is 1. The zero-order chi connectivity index (χ0) is 18.6. The number of carbonyl (C=O) groups is 2. The second-order valence-corrected chi connectivity index (χ2v) is 8.10. The number of hydrogen-bond acceptors (Lipinski definition) is 4. The molecule has 2 aromatic rings. The maximum Gasteiger partial charge on any atom is 0.264 e. The first-order valence-corrected chi connectivity index (χ1v) is 10.5. The molecule has 0 saturated carbocycles. The number of rotatable bonds is 4. The van der Waals surface area contributed by atoms with Crippen molar-refractivity contribution >= 4 is 23.2 Å². The van der Waals surface area contributed by atoms with E-state index in [9.17, 15) is 9.59 Å². The van der Waals surface area contributed by atoms with Crippen LogP contribution in [0, 0.1) is 0 Å². The van der Waals surface area contributed by atoms with E-state index in [1.165, 1.54) is 11.3 Å². The van der Waals surface area contributed by atoms with Crippen LogP contribution in [0.2, 0.25) is 0 Å². The summed E-state index contributed by atoms with van der Waals surface area (Å²) >= 11 is 1.48. The normalized spacial score (nSPS) is 19.3. The van der Waals surface area contributed by atoms with E-state index in [2.05, 4.69) is 4.90 Å². The Kier molecular flexibility index (Phi) is 5.55. The highest BCUT2D eigenvalue weighted by atomic mass is 32.1. The molecule has 0 spiro atoms. The lowest BCUT2D eigenvalue weighted by Crippen LogP contribution is -2.52. The van der Waals surface area contributed by atoms with Crippen molar-refractivity contribution in [1.82, 2.24) is 14.7 Å². The predicted octanol–water partition coefficient (Wildman–Crippen LogP) is 2.87. The van der Waals surface area contributed by atoms with Crippen molar-refractivity contribution in [3.63, 3.8) is 0 Å². The average molecular weight is 384 g/mol. The molecule has 4 rings (SSSR count). The van der Waals surface area contributed by atoms with Gasteiger partial charge in [0.25, 0.3) is 5.91 Å². The van der Waals surface area contributed by atoms with Crippen LogP contribution in [-0.2, 0) is 4.79 Å². The lowest BCUT2D eigenvalue weighted by Gasteiger charge is -2.39. The van der Waals surface area contributed by atoms with Crippen LogP contribution in [0.5, 0.6) is 0 Å². The third-order valence-corrected chi connectivity index (χ3v) is 6.32. The molecule has 3 heterocycles. The van der Waals surface area contributed by atoms with E-state index in [0.29, 0.717) is 13.1 Å². The number of amides is 2. The third-order valence-electron chi connectivity index (χ3n) is 5.47. The van der Waals surface area contributed by atoms with E-state index in [-0.39, 0.29) is 17.9 Å². The van der Waals surface area contributed by atoms with Crippen LogP contribution in [0.15, 0.2) is 47.8 Å². The van der Waals surface area contributed by atoms with Gasteiger partial charge in [0, 0.05) is 39.3 Å². The highest BCUT2D eigenvalue weighted by Crippen LogP contribution is 2.27. The predicted molar refractivity (Wildman–Crippen MR) is 107 cm³/mol. The van der Waals surface area contributed by atoms with Crippen LogP contribution in [0.3, 0.4) is 0 Å². The summed E-state index contributed by atoms with van der Waals surface area (Å²) < 4.78 is 0. The minimum atomic E-state index is -0.247. The van der Waals surface area contributed by atoms with Gasteiger partial charge in [0.05, 0.1) is 4.88 Å². The van der Waals surface area contributed by atoms with Crippen molar-refractivity contribution < 1.29 is 9.59 Å². The fourth-order valence-corrected chi connectivity index (χ4v) is 4.69. The van der Waals surface area contributed by atoms with Gasteiger partial charge in [-0.05, 0) is 29.9 Å². The van der Waals surface area contributed by atoms with Gasteiger partial charge in [-0.25, -0.2) is 0 Å². The van der Waals surface area contributed by atoms with Gasteiger partial charge in [0.2, 0.25) is 5.91 Å². The van der Waals surface area contributed by atoms with E-state index in [1.54, 1.807) is 0 Å². The van der Waals surface area contributed by atoms with Gasteiger partial charge < -0.3 is 9.80 Å². The summed E-state index contributed by atoms with van der Waals surface area (Å²) in [4.78, 5) is 32.8. The second-order valence-electron chi connectivity index (χ2n) is 7.15. The van der Waals surface area contributed by atoms with Crippen molar-refractivity contribution in [1.29, 1.82) is 0 Å². The number of nitrogens with zero attached hydrogens (tertiary/aromatic N) is 3. The number of hydrogen-bond donors (Lipinski definition) is 0. The van der Waals surface area contributed by atoms with E-state index >= 15 is 0 Å². The number of benzene rings is 1. The summed E-state index contributed by atoms with van der Waals surface area (Å²) in [6.45, 7) is 4.48. The molecule has 2 amide bonds. The molecular formula is C21H25N3O2S. The zero-order valence-electron chi connectivity index (χ0n) is 15.4. The van der Waals surface area contributed by atoms with Gasteiger partial charge in [-0.3, -0.25) is 14.5 Å². The molecule has 0 bridgehead atoms. The molecule has 2 aliphatic rings. The minimum Gasteiger partial charge on any atom is -0.341 e. The summed E-state index contributed by atoms with van der Waals surface area (Å²) in [6, 6.07) is 13.6. The fraction of sp³-hybridized carbons (Fsp3) is 0.429. The quantitative estimate of drug-likeness (QED) is 0.815. The van der Waals surface area contributed by atoms with Crippen molar-refractivity contribution in [2.24, 2.45) is 0 Å². The maximum atomic E-state index is 13.3. The van der Waals surface area contributed by atoms with Crippen molar-refractivity contribution in [2.75, 3.05) is 39.3 Å². The Bertz CT molecular complexity index is 764. The fourth-order valence-electron chi connectivity index (χ4n) is 3.99. The lowest BCUT2D eigenvalue weighted by molar-refractivity contribution is -0.136. The summed E-state index contributed by atoms with van der Waals surface area (Å²) in [7, 11) is 0. The molecule has 0 N–H and O–H groups in total. The standard InChI is InChI=1S/C21H25N3O2S/c25-20(18-9-6-16-27-18)24-14-12-22(13-15-24)19(17-7-2-1-3-8-17)21(26)23-10-4-5-11-23/h1-3,6-9,16,19H,4-5,10-15H2. The molecule has 5 nitrogen and oxygen atoms in total. The first kappa shape index (κ1) is 18.2. The Balaban J connectivity index is 1.48. The molecule has 0 radical (unpaired) electrons. The topological polar surface area (TPSA) is 43.9 Å². The highest BCUT2D eigenvalue weighted by molar-refractivity contribution is 7.12. The van der Waals surface area contributed by atoms with Crippen molar-refractivity contribution in [2.45, 2.75) is 18.9 Å². The van der Waals surface area contributed by atoms with Gasteiger partial charge in [-0.2, -0.15) is 0 Å². The zero-order valence-corrected chi connectivity index (χ0v) is 16.2. The van der Waals surface area contributed by atoms with E-state index in [1.807, 2.05) is 57.6 Å². The molecule has 2 saturated heterocycles. The Morgan fingerprint density at radius 3 is 2.15 bits per heavy atom. The summed E-state index contributed by atoms with van der Waals surface area (Å²) in [5.41, 5.74) is 1.05. The van der Waals surface area contributed by atoms with Gasteiger partial charge >= 0.3 is 0 Å². The molecule has 2 fully saturated rings.